The molecule has 0 radical (unpaired) electrons. The Labute approximate surface area is 126 Å². The van der Waals surface area contributed by atoms with Crippen LogP contribution in [-0.2, 0) is 13.0 Å². The summed E-state index contributed by atoms with van der Waals surface area (Å²) in [6.07, 6.45) is 2.10. The Morgan fingerprint density at radius 2 is 2.05 bits per heavy atom. The Kier molecular flexibility index (Phi) is 5.06. The van der Waals surface area contributed by atoms with Gasteiger partial charge in [-0.25, -0.2) is 4.79 Å². The third-order valence-electron chi connectivity index (χ3n) is 2.84. The molecule has 1 aromatic heterocycles. The summed E-state index contributed by atoms with van der Waals surface area (Å²) in [4.78, 5) is 10.9. The predicted molar refractivity (Wildman–Crippen MR) is 77.5 cm³/mol. The van der Waals surface area contributed by atoms with Gasteiger partial charge in [0.05, 0.1) is 6.26 Å². The van der Waals surface area contributed by atoms with Crippen molar-refractivity contribution >= 4 is 29.2 Å². The Hall–Kier alpha value is -1.49. The Morgan fingerprint density at radius 3 is 2.75 bits per heavy atom. The van der Waals surface area contributed by atoms with E-state index in [2.05, 4.69) is 5.32 Å². The first-order valence-corrected chi connectivity index (χ1v) is 6.78. The lowest BCUT2D eigenvalue weighted by Gasteiger charge is -2.06. The number of furan rings is 1. The Morgan fingerprint density at radius 1 is 1.25 bits per heavy atom. The number of benzene rings is 1. The molecule has 0 saturated heterocycles. The predicted octanol–water partition coefficient (Wildman–Crippen LogP) is 3.62. The number of rotatable bonds is 6. The molecule has 0 aliphatic heterocycles. The molecule has 106 valence electrons. The van der Waals surface area contributed by atoms with Gasteiger partial charge in [-0.05, 0) is 36.7 Å². The van der Waals surface area contributed by atoms with Crippen molar-refractivity contribution in [2.75, 3.05) is 6.54 Å². The van der Waals surface area contributed by atoms with Gasteiger partial charge in [0.25, 0.3) is 0 Å². The third-order valence-corrected chi connectivity index (χ3v) is 3.43. The van der Waals surface area contributed by atoms with E-state index in [1.165, 1.54) is 6.26 Å². The van der Waals surface area contributed by atoms with Crippen LogP contribution in [0.5, 0.6) is 0 Å². The van der Waals surface area contributed by atoms with E-state index >= 15 is 0 Å². The molecule has 1 heterocycles. The maximum Gasteiger partial charge on any atom is 0.372 e. The van der Waals surface area contributed by atoms with Crippen LogP contribution in [-0.4, -0.2) is 17.6 Å². The maximum absolute atomic E-state index is 10.9. The molecular weight excluding hydrogens is 301 g/mol. The first kappa shape index (κ1) is 14.9. The van der Waals surface area contributed by atoms with E-state index in [0.29, 0.717) is 28.7 Å². The van der Waals surface area contributed by atoms with E-state index < -0.39 is 5.97 Å². The molecule has 2 aromatic rings. The molecule has 2 rings (SSSR count). The quantitative estimate of drug-likeness (QED) is 0.800. The van der Waals surface area contributed by atoms with E-state index in [1.807, 2.05) is 6.07 Å². The fourth-order valence-corrected chi connectivity index (χ4v) is 2.34. The fourth-order valence-electron chi connectivity index (χ4n) is 1.83. The van der Waals surface area contributed by atoms with Crippen LogP contribution < -0.4 is 5.32 Å². The van der Waals surface area contributed by atoms with Crippen LogP contribution in [0.1, 0.15) is 21.7 Å². The summed E-state index contributed by atoms with van der Waals surface area (Å²) in [5, 5.41) is 13.3. The van der Waals surface area contributed by atoms with Gasteiger partial charge in [-0.3, -0.25) is 0 Å². The van der Waals surface area contributed by atoms with Crippen molar-refractivity contribution in [1.82, 2.24) is 5.32 Å². The molecular formula is C14H13Cl2NO3. The van der Waals surface area contributed by atoms with Crippen molar-refractivity contribution < 1.29 is 14.3 Å². The first-order valence-electron chi connectivity index (χ1n) is 6.02. The summed E-state index contributed by atoms with van der Waals surface area (Å²) < 4.78 is 4.90. The molecule has 4 nitrogen and oxygen atoms in total. The number of nitrogens with one attached hydrogen (secondary N) is 1. The molecule has 20 heavy (non-hydrogen) atoms. The number of aromatic carboxylic acids is 1. The lowest BCUT2D eigenvalue weighted by molar-refractivity contribution is 0.0660. The van der Waals surface area contributed by atoms with E-state index in [1.54, 1.807) is 18.2 Å². The Bertz CT molecular complexity index is 610. The van der Waals surface area contributed by atoms with Gasteiger partial charge < -0.3 is 14.8 Å². The molecule has 6 heteroatoms. The number of carboxylic acid groups (broad SMARTS) is 1. The van der Waals surface area contributed by atoms with Gasteiger partial charge in [0, 0.05) is 22.2 Å². The van der Waals surface area contributed by atoms with E-state index in [9.17, 15) is 4.79 Å². The van der Waals surface area contributed by atoms with Crippen LogP contribution in [0.3, 0.4) is 0 Å². The maximum atomic E-state index is 10.9. The SMILES string of the molecule is O=C(O)c1occc1CNCCc1ccc(Cl)cc1Cl. The third kappa shape index (κ3) is 3.76. The average Bonchev–Trinajstić information content (AvgIpc) is 2.85. The summed E-state index contributed by atoms with van der Waals surface area (Å²) in [6.45, 7) is 1.11. The number of hydrogen-bond acceptors (Lipinski definition) is 3. The van der Waals surface area contributed by atoms with Crippen LogP contribution in [0.4, 0.5) is 0 Å². The summed E-state index contributed by atoms with van der Waals surface area (Å²) in [5.74, 6) is -1.09. The smallest absolute Gasteiger partial charge is 0.372 e. The topological polar surface area (TPSA) is 62.5 Å². The second-order valence-corrected chi connectivity index (χ2v) is 5.09. The minimum Gasteiger partial charge on any atom is -0.475 e. The van der Waals surface area contributed by atoms with Gasteiger partial charge in [-0.1, -0.05) is 29.3 Å². The zero-order chi connectivity index (χ0) is 14.5. The highest BCUT2D eigenvalue weighted by molar-refractivity contribution is 6.35. The molecule has 0 amide bonds. The monoisotopic (exact) mass is 313 g/mol. The number of halogens is 2. The van der Waals surface area contributed by atoms with E-state index in [4.69, 9.17) is 32.7 Å². The second kappa shape index (κ2) is 6.79. The van der Waals surface area contributed by atoms with Gasteiger partial charge >= 0.3 is 5.97 Å². The van der Waals surface area contributed by atoms with Gasteiger partial charge in [-0.15, -0.1) is 0 Å². The highest BCUT2D eigenvalue weighted by Gasteiger charge is 2.13. The van der Waals surface area contributed by atoms with Crippen LogP contribution in [0.25, 0.3) is 0 Å². The van der Waals surface area contributed by atoms with Gasteiger partial charge in [0.1, 0.15) is 0 Å². The standard InChI is InChI=1S/C14H13Cl2NO3/c15-11-2-1-9(12(16)7-11)3-5-17-8-10-4-6-20-13(10)14(18)19/h1-2,4,6-7,17H,3,5,8H2,(H,18,19). The van der Waals surface area contributed by atoms with Crippen molar-refractivity contribution in [3.8, 4) is 0 Å². The second-order valence-electron chi connectivity index (χ2n) is 4.24. The largest absolute Gasteiger partial charge is 0.475 e. The summed E-state index contributed by atoms with van der Waals surface area (Å²) in [6, 6.07) is 7.02. The molecule has 1 aromatic carbocycles. The van der Waals surface area contributed by atoms with Gasteiger partial charge in [0.15, 0.2) is 0 Å². The molecule has 0 fully saturated rings. The molecule has 0 bridgehead atoms. The molecule has 0 saturated carbocycles. The van der Waals surface area contributed by atoms with Crippen molar-refractivity contribution in [1.29, 1.82) is 0 Å². The molecule has 2 N–H and O–H groups in total. The molecule has 0 aliphatic carbocycles. The zero-order valence-electron chi connectivity index (χ0n) is 10.5. The zero-order valence-corrected chi connectivity index (χ0v) is 12.0. The average molecular weight is 314 g/mol. The van der Waals surface area contributed by atoms with Crippen LogP contribution >= 0.6 is 23.2 Å². The number of hydrogen-bond donors (Lipinski definition) is 2. The van der Waals surface area contributed by atoms with Crippen molar-refractivity contribution in [2.45, 2.75) is 13.0 Å². The minimum atomic E-state index is -1.06. The summed E-state index contributed by atoms with van der Waals surface area (Å²) in [5.41, 5.74) is 1.62. The van der Waals surface area contributed by atoms with Gasteiger partial charge in [-0.2, -0.15) is 0 Å². The lowest BCUT2D eigenvalue weighted by Crippen LogP contribution is -2.18. The highest BCUT2D eigenvalue weighted by Crippen LogP contribution is 2.21. The van der Waals surface area contributed by atoms with Crippen molar-refractivity contribution in [3.63, 3.8) is 0 Å². The summed E-state index contributed by atoms with van der Waals surface area (Å²) in [7, 11) is 0. The fraction of sp³-hybridized carbons (Fsp3) is 0.214. The normalized spacial score (nSPS) is 10.7. The van der Waals surface area contributed by atoms with Gasteiger partial charge in [0.2, 0.25) is 5.76 Å². The van der Waals surface area contributed by atoms with E-state index in [-0.39, 0.29) is 5.76 Å². The van der Waals surface area contributed by atoms with Crippen molar-refractivity contribution in [2.24, 2.45) is 0 Å². The molecule has 0 unspecified atom stereocenters. The molecule has 0 atom stereocenters. The number of carboxylic acids is 1. The minimum absolute atomic E-state index is 0.0259. The number of carbonyl (C=O) groups is 1. The molecule has 0 spiro atoms. The van der Waals surface area contributed by atoms with Crippen LogP contribution in [0.2, 0.25) is 10.0 Å². The first-order chi connectivity index (χ1) is 9.58. The molecule has 0 aliphatic rings. The highest BCUT2D eigenvalue weighted by atomic mass is 35.5. The van der Waals surface area contributed by atoms with Crippen LogP contribution in [0.15, 0.2) is 34.9 Å². The van der Waals surface area contributed by atoms with Crippen LogP contribution in [0, 0.1) is 0 Å². The summed E-state index contributed by atoms with van der Waals surface area (Å²) >= 11 is 11.9. The Balaban J connectivity index is 1.84. The van der Waals surface area contributed by atoms with E-state index in [0.717, 1.165) is 12.0 Å². The van der Waals surface area contributed by atoms with Crippen molar-refractivity contribution in [3.05, 3.63) is 57.5 Å². The lowest BCUT2D eigenvalue weighted by atomic mass is 10.1.